The van der Waals surface area contributed by atoms with Crippen LogP contribution in [0.4, 0.5) is 23.7 Å². The molecule has 0 unspecified atom stereocenters. The third-order valence-electron chi connectivity index (χ3n) is 1.79. The highest BCUT2D eigenvalue weighted by Gasteiger charge is 2.30. The molecule has 1 aromatic rings. The Labute approximate surface area is 94.8 Å². The molecule has 17 heavy (non-hydrogen) atoms. The van der Waals surface area contributed by atoms with Gasteiger partial charge in [-0.2, -0.15) is 13.2 Å². The van der Waals surface area contributed by atoms with E-state index in [2.05, 4.69) is 10.6 Å². The summed E-state index contributed by atoms with van der Waals surface area (Å²) in [6.07, 6.45) is -4.00. The molecule has 92 valence electrons. The van der Waals surface area contributed by atoms with E-state index in [4.69, 9.17) is 0 Å². The molecule has 2 N–H and O–H groups in total. The third-order valence-corrected chi connectivity index (χ3v) is 1.79. The number of nitrogens with one attached hydrogen (secondary N) is 2. The minimum atomic E-state index is -4.46. The van der Waals surface area contributed by atoms with E-state index in [1.807, 2.05) is 0 Å². The largest absolute Gasteiger partial charge is 0.416 e. The van der Waals surface area contributed by atoms with E-state index in [-0.39, 0.29) is 12.2 Å². The molecule has 0 aliphatic heterocycles. The number of alkyl halides is 3. The highest BCUT2D eigenvalue weighted by Crippen LogP contribution is 2.30. The molecule has 2 amide bonds. The molecule has 0 aromatic heterocycles. The van der Waals surface area contributed by atoms with Crippen molar-refractivity contribution >= 4 is 18.0 Å². The summed E-state index contributed by atoms with van der Waals surface area (Å²) >= 11 is 0. The first-order chi connectivity index (χ1) is 7.93. The first kappa shape index (κ1) is 13.0. The van der Waals surface area contributed by atoms with Crippen LogP contribution in [0.5, 0.6) is 0 Å². The SMILES string of the molecule is O=CCNC(=O)Nc1cccc(C(F)(F)F)c1. The van der Waals surface area contributed by atoms with Crippen LogP contribution in [0.3, 0.4) is 0 Å². The van der Waals surface area contributed by atoms with Crippen molar-refractivity contribution in [3.63, 3.8) is 0 Å². The van der Waals surface area contributed by atoms with Gasteiger partial charge < -0.3 is 15.4 Å². The molecular weight excluding hydrogens is 237 g/mol. The molecule has 1 aromatic carbocycles. The van der Waals surface area contributed by atoms with Crippen LogP contribution in [0.25, 0.3) is 0 Å². The molecule has 0 saturated heterocycles. The van der Waals surface area contributed by atoms with Crippen LogP contribution in [0.15, 0.2) is 24.3 Å². The smallest absolute Gasteiger partial charge is 0.331 e. The Kier molecular flexibility index (Phi) is 4.08. The molecule has 0 spiro atoms. The Morgan fingerprint density at radius 3 is 2.65 bits per heavy atom. The molecule has 0 saturated carbocycles. The van der Waals surface area contributed by atoms with Gasteiger partial charge in [-0.1, -0.05) is 6.07 Å². The van der Waals surface area contributed by atoms with Crippen LogP contribution >= 0.6 is 0 Å². The summed E-state index contributed by atoms with van der Waals surface area (Å²) in [5.74, 6) is 0. The Morgan fingerprint density at radius 1 is 1.35 bits per heavy atom. The predicted octanol–water partition coefficient (Wildman–Crippen LogP) is 2.03. The summed E-state index contributed by atoms with van der Waals surface area (Å²) < 4.78 is 37.0. The summed E-state index contributed by atoms with van der Waals surface area (Å²) in [4.78, 5) is 21.0. The molecule has 0 bridgehead atoms. The van der Waals surface area contributed by atoms with E-state index in [1.165, 1.54) is 12.1 Å². The summed E-state index contributed by atoms with van der Waals surface area (Å²) in [5.41, 5.74) is -0.853. The monoisotopic (exact) mass is 246 g/mol. The van der Waals surface area contributed by atoms with Gasteiger partial charge >= 0.3 is 12.2 Å². The van der Waals surface area contributed by atoms with Crippen molar-refractivity contribution in [2.75, 3.05) is 11.9 Å². The highest BCUT2D eigenvalue weighted by molar-refractivity contribution is 5.90. The number of carbonyl (C=O) groups is 2. The second-order valence-electron chi connectivity index (χ2n) is 3.08. The second-order valence-corrected chi connectivity index (χ2v) is 3.08. The molecule has 0 atom stereocenters. The number of hydrogen-bond donors (Lipinski definition) is 2. The molecule has 0 aliphatic rings. The topological polar surface area (TPSA) is 58.2 Å². The van der Waals surface area contributed by atoms with Gasteiger partial charge in [-0.25, -0.2) is 4.79 Å². The van der Waals surface area contributed by atoms with Crippen molar-refractivity contribution in [2.24, 2.45) is 0 Å². The third kappa shape index (κ3) is 4.13. The fraction of sp³-hybridized carbons (Fsp3) is 0.200. The molecule has 7 heteroatoms. The first-order valence-electron chi connectivity index (χ1n) is 4.59. The van der Waals surface area contributed by atoms with E-state index in [1.54, 1.807) is 0 Å². The normalized spacial score (nSPS) is 10.8. The van der Waals surface area contributed by atoms with Crippen molar-refractivity contribution in [3.05, 3.63) is 29.8 Å². The Bertz CT molecular complexity index is 418. The van der Waals surface area contributed by atoms with Crippen LogP contribution in [0.1, 0.15) is 5.56 Å². The average Bonchev–Trinajstić information content (AvgIpc) is 2.25. The maximum absolute atomic E-state index is 12.3. The number of benzene rings is 1. The molecule has 0 fully saturated rings. The lowest BCUT2D eigenvalue weighted by Gasteiger charge is -2.09. The minimum Gasteiger partial charge on any atom is -0.331 e. The number of rotatable bonds is 3. The zero-order chi connectivity index (χ0) is 12.9. The van der Waals surface area contributed by atoms with E-state index in [0.717, 1.165) is 12.1 Å². The quantitative estimate of drug-likeness (QED) is 0.801. The van der Waals surface area contributed by atoms with E-state index >= 15 is 0 Å². The molecule has 4 nitrogen and oxygen atoms in total. The van der Waals surface area contributed by atoms with Gasteiger partial charge in [0, 0.05) is 5.69 Å². The molecule has 0 radical (unpaired) electrons. The van der Waals surface area contributed by atoms with E-state index < -0.39 is 17.8 Å². The van der Waals surface area contributed by atoms with Crippen molar-refractivity contribution < 1.29 is 22.8 Å². The van der Waals surface area contributed by atoms with Crippen LogP contribution in [0.2, 0.25) is 0 Å². The molecule has 0 heterocycles. The van der Waals surface area contributed by atoms with Gasteiger partial charge in [0.25, 0.3) is 0 Å². The van der Waals surface area contributed by atoms with Gasteiger partial charge in [-0.15, -0.1) is 0 Å². The Morgan fingerprint density at radius 2 is 2.06 bits per heavy atom. The average molecular weight is 246 g/mol. The number of aldehydes is 1. The second kappa shape index (κ2) is 5.33. The number of hydrogen-bond acceptors (Lipinski definition) is 2. The number of halogens is 3. The van der Waals surface area contributed by atoms with Gasteiger partial charge in [0.15, 0.2) is 0 Å². The van der Waals surface area contributed by atoms with Crippen molar-refractivity contribution in [2.45, 2.75) is 6.18 Å². The Balaban J connectivity index is 2.72. The van der Waals surface area contributed by atoms with Gasteiger partial charge in [0.05, 0.1) is 12.1 Å². The lowest BCUT2D eigenvalue weighted by molar-refractivity contribution is -0.137. The summed E-state index contributed by atoms with van der Waals surface area (Å²) in [5, 5.41) is 4.32. The van der Waals surface area contributed by atoms with E-state index in [0.29, 0.717) is 6.29 Å². The van der Waals surface area contributed by atoms with Crippen molar-refractivity contribution in [1.29, 1.82) is 0 Å². The van der Waals surface area contributed by atoms with Crippen LogP contribution < -0.4 is 10.6 Å². The fourth-order valence-corrected chi connectivity index (χ4v) is 1.08. The van der Waals surface area contributed by atoms with Crippen molar-refractivity contribution in [1.82, 2.24) is 5.32 Å². The fourth-order valence-electron chi connectivity index (χ4n) is 1.08. The maximum atomic E-state index is 12.3. The zero-order valence-corrected chi connectivity index (χ0v) is 8.54. The van der Waals surface area contributed by atoms with Gasteiger partial charge in [0.1, 0.15) is 6.29 Å². The van der Waals surface area contributed by atoms with E-state index in [9.17, 15) is 22.8 Å². The number of carbonyl (C=O) groups excluding carboxylic acids is 2. The van der Waals surface area contributed by atoms with Gasteiger partial charge in [0.2, 0.25) is 0 Å². The standard InChI is InChI=1S/C10H9F3N2O2/c11-10(12,13)7-2-1-3-8(6-7)15-9(17)14-4-5-16/h1-3,5-6H,4H2,(H2,14,15,17). The summed E-state index contributed by atoms with van der Waals surface area (Å²) in [6, 6.07) is 3.46. The van der Waals surface area contributed by atoms with Crippen LogP contribution in [-0.2, 0) is 11.0 Å². The van der Waals surface area contributed by atoms with Crippen LogP contribution in [-0.4, -0.2) is 18.9 Å². The lowest BCUT2D eigenvalue weighted by atomic mass is 10.2. The number of anilines is 1. The summed E-state index contributed by atoms with van der Waals surface area (Å²) in [6.45, 7) is -0.204. The maximum Gasteiger partial charge on any atom is 0.416 e. The predicted molar refractivity (Wildman–Crippen MR) is 54.5 cm³/mol. The lowest BCUT2D eigenvalue weighted by Crippen LogP contribution is -2.30. The summed E-state index contributed by atoms with van der Waals surface area (Å²) in [7, 11) is 0. The minimum absolute atomic E-state index is 0.00299. The number of amides is 2. The highest BCUT2D eigenvalue weighted by atomic mass is 19.4. The Hall–Kier alpha value is -2.05. The molecule has 1 rings (SSSR count). The van der Waals surface area contributed by atoms with Gasteiger partial charge in [-0.3, -0.25) is 0 Å². The van der Waals surface area contributed by atoms with Crippen LogP contribution in [0, 0.1) is 0 Å². The van der Waals surface area contributed by atoms with Crippen molar-refractivity contribution in [3.8, 4) is 0 Å². The first-order valence-corrected chi connectivity index (χ1v) is 4.59. The zero-order valence-electron chi connectivity index (χ0n) is 8.54. The molecule has 0 aliphatic carbocycles. The molecular formula is C10H9F3N2O2. The van der Waals surface area contributed by atoms with Gasteiger partial charge in [-0.05, 0) is 18.2 Å². The number of urea groups is 1.